The Morgan fingerprint density at radius 1 is 0.933 bits per heavy atom. The van der Waals surface area contributed by atoms with Crippen molar-refractivity contribution in [2.75, 3.05) is 0 Å². The number of fused-ring (bicyclic) bond motifs is 1. The molecule has 0 fully saturated rings. The highest BCUT2D eigenvalue weighted by atomic mass is 32.1. The molecule has 0 amide bonds. The lowest BCUT2D eigenvalue weighted by atomic mass is 10.1. The molecule has 0 aliphatic rings. The summed E-state index contributed by atoms with van der Waals surface area (Å²) in [6.07, 6.45) is 3.64. The van der Waals surface area contributed by atoms with Crippen LogP contribution in [0.15, 0.2) is 48.1 Å². The molecule has 0 aliphatic carbocycles. The van der Waals surface area contributed by atoms with Crippen molar-refractivity contribution in [3.05, 3.63) is 48.1 Å². The molecule has 0 spiro atoms. The largest absolute Gasteiger partial charge is 0.253 e. The SMILES string of the molecule is c1ccc2c(-c3nccs3)nccc2c1. The Hall–Kier alpha value is -1.74. The minimum absolute atomic E-state index is 0.975. The summed E-state index contributed by atoms with van der Waals surface area (Å²) < 4.78 is 0. The molecule has 72 valence electrons. The van der Waals surface area contributed by atoms with E-state index in [1.807, 2.05) is 36.0 Å². The van der Waals surface area contributed by atoms with E-state index >= 15 is 0 Å². The van der Waals surface area contributed by atoms with Crippen molar-refractivity contribution in [2.24, 2.45) is 0 Å². The fourth-order valence-corrected chi connectivity index (χ4v) is 2.28. The molecule has 0 atom stereocenters. The van der Waals surface area contributed by atoms with E-state index in [2.05, 4.69) is 22.1 Å². The summed E-state index contributed by atoms with van der Waals surface area (Å²) in [5, 5.41) is 5.32. The third-order valence-electron chi connectivity index (χ3n) is 2.31. The Kier molecular flexibility index (Phi) is 1.96. The quantitative estimate of drug-likeness (QED) is 0.618. The zero-order valence-electron chi connectivity index (χ0n) is 7.92. The maximum Gasteiger partial charge on any atom is 0.142 e. The molecule has 3 aromatic rings. The summed E-state index contributed by atoms with van der Waals surface area (Å²) in [4.78, 5) is 8.69. The molecule has 2 heterocycles. The predicted molar refractivity (Wildman–Crippen MR) is 62.9 cm³/mol. The molecule has 0 aliphatic heterocycles. The van der Waals surface area contributed by atoms with Crippen LogP contribution in [-0.4, -0.2) is 9.97 Å². The monoisotopic (exact) mass is 212 g/mol. The second kappa shape index (κ2) is 3.44. The highest BCUT2D eigenvalue weighted by Crippen LogP contribution is 2.27. The number of pyridine rings is 1. The van der Waals surface area contributed by atoms with Gasteiger partial charge in [-0.25, -0.2) is 4.98 Å². The van der Waals surface area contributed by atoms with Gasteiger partial charge >= 0.3 is 0 Å². The molecule has 0 N–H and O–H groups in total. The smallest absolute Gasteiger partial charge is 0.142 e. The predicted octanol–water partition coefficient (Wildman–Crippen LogP) is 3.36. The Bertz CT molecular complexity index is 582. The van der Waals surface area contributed by atoms with Crippen molar-refractivity contribution in [2.45, 2.75) is 0 Å². The second-order valence-corrected chi connectivity index (χ2v) is 4.11. The fraction of sp³-hybridized carbons (Fsp3) is 0. The summed E-state index contributed by atoms with van der Waals surface area (Å²) in [6, 6.07) is 10.3. The van der Waals surface area contributed by atoms with Crippen LogP contribution in [0.5, 0.6) is 0 Å². The maximum atomic E-state index is 4.40. The number of thiazole rings is 1. The first kappa shape index (κ1) is 8.56. The normalized spacial score (nSPS) is 10.7. The number of nitrogens with zero attached hydrogens (tertiary/aromatic N) is 2. The lowest BCUT2D eigenvalue weighted by Gasteiger charge is -2.01. The first-order valence-electron chi connectivity index (χ1n) is 4.69. The summed E-state index contributed by atoms with van der Waals surface area (Å²) in [6.45, 7) is 0. The molecule has 0 bridgehead atoms. The molecular weight excluding hydrogens is 204 g/mol. The molecule has 2 nitrogen and oxygen atoms in total. The Morgan fingerprint density at radius 3 is 2.73 bits per heavy atom. The summed E-state index contributed by atoms with van der Waals surface area (Å²) >= 11 is 1.62. The van der Waals surface area contributed by atoms with Crippen molar-refractivity contribution >= 4 is 22.1 Å². The average Bonchev–Trinajstić information content (AvgIpc) is 2.82. The van der Waals surface area contributed by atoms with Gasteiger partial charge in [-0.05, 0) is 11.5 Å². The first-order chi connectivity index (χ1) is 7.45. The highest BCUT2D eigenvalue weighted by Gasteiger charge is 2.05. The van der Waals surface area contributed by atoms with E-state index < -0.39 is 0 Å². The molecular formula is C12H8N2S. The van der Waals surface area contributed by atoms with Crippen molar-refractivity contribution in [3.8, 4) is 10.7 Å². The van der Waals surface area contributed by atoms with Crippen LogP contribution in [0.4, 0.5) is 0 Å². The van der Waals surface area contributed by atoms with Crippen molar-refractivity contribution in [3.63, 3.8) is 0 Å². The lowest BCUT2D eigenvalue weighted by molar-refractivity contribution is 1.32. The number of rotatable bonds is 1. The third kappa shape index (κ3) is 1.41. The number of hydrogen-bond donors (Lipinski definition) is 0. The summed E-state index contributed by atoms with van der Waals surface area (Å²) in [5.41, 5.74) is 0.975. The third-order valence-corrected chi connectivity index (χ3v) is 3.09. The molecule has 3 heteroatoms. The van der Waals surface area contributed by atoms with Gasteiger partial charge in [0.2, 0.25) is 0 Å². The van der Waals surface area contributed by atoms with E-state index in [9.17, 15) is 0 Å². The molecule has 2 aromatic heterocycles. The van der Waals surface area contributed by atoms with Gasteiger partial charge in [-0.2, -0.15) is 0 Å². The van der Waals surface area contributed by atoms with Gasteiger partial charge in [0.15, 0.2) is 0 Å². The fourth-order valence-electron chi connectivity index (χ4n) is 1.63. The molecule has 1 aromatic carbocycles. The van der Waals surface area contributed by atoms with E-state index in [1.54, 1.807) is 11.3 Å². The van der Waals surface area contributed by atoms with Crippen LogP contribution >= 0.6 is 11.3 Å². The topological polar surface area (TPSA) is 25.8 Å². The van der Waals surface area contributed by atoms with Crippen LogP contribution in [0.2, 0.25) is 0 Å². The molecule has 0 unspecified atom stereocenters. The second-order valence-electron chi connectivity index (χ2n) is 3.22. The van der Waals surface area contributed by atoms with Gasteiger partial charge in [-0.1, -0.05) is 24.3 Å². The van der Waals surface area contributed by atoms with Gasteiger partial charge in [0, 0.05) is 23.2 Å². The zero-order chi connectivity index (χ0) is 10.1. The Morgan fingerprint density at radius 2 is 1.87 bits per heavy atom. The summed E-state index contributed by atoms with van der Waals surface area (Å²) in [7, 11) is 0. The number of hydrogen-bond acceptors (Lipinski definition) is 3. The first-order valence-corrected chi connectivity index (χ1v) is 5.57. The van der Waals surface area contributed by atoms with Crippen LogP contribution in [-0.2, 0) is 0 Å². The molecule has 0 saturated carbocycles. The van der Waals surface area contributed by atoms with Crippen molar-refractivity contribution < 1.29 is 0 Å². The van der Waals surface area contributed by atoms with Crippen LogP contribution in [0.3, 0.4) is 0 Å². The van der Waals surface area contributed by atoms with Crippen LogP contribution in [0.1, 0.15) is 0 Å². The van der Waals surface area contributed by atoms with Gasteiger partial charge in [0.05, 0.1) is 0 Å². The molecule has 15 heavy (non-hydrogen) atoms. The minimum Gasteiger partial charge on any atom is -0.253 e. The minimum atomic E-state index is 0.975. The van der Waals surface area contributed by atoms with Gasteiger partial charge in [-0.15, -0.1) is 11.3 Å². The van der Waals surface area contributed by atoms with Crippen LogP contribution in [0, 0.1) is 0 Å². The molecule has 0 saturated heterocycles. The Balaban J connectivity index is 2.36. The summed E-state index contributed by atoms with van der Waals surface area (Å²) in [5.74, 6) is 0. The highest BCUT2D eigenvalue weighted by molar-refractivity contribution is 7.13. The van der Waals surface area contributed by atoms with Crippen molar-refractivity contribution in [1.82, 2.24) is 9.97 Å². The molecule has 3 rings (SSSR count). The number of benzene rings is 1. The standard InChI is InChI=1S/C12H8N2S/c1-2-4-10-9(3-1)5-6-13-11(10)12-14-7-8-15-12/h1-8H. The van der Waals surface area contributed by atoms with Crippen molar-refractivity contribution in [1.29, 1.82) is 0 Å². The van der Waals surface area contributed by atoms with E-state index in [-0.39, 0.29) is 0 Å². The lowest BCUT2D eigenvalue weighted by Crippen LogP contribution is -1.84. The average molecular weight is 212 g/mol. The van der Waals surface area contributed by atoms with Gasteiger partial charge in [-0.3, -0.25) is 4.98 Å². The van der Waals surface area contributed by atoms with E-state index in [4.69, 9.17) is 0 Å². The number of aromatic nitrogens is 2. The molecule has 0 radical (unpaired) electrons. The van der Waals surface area contributed by atoms with Crippen LogP contribution < -0.4 is 0 Å². The van der Waals surface area contributed by atoms with E-state index in [1.165, 1.54) is 5.39 Å². The Labute approximate surface area is 91.2 Å². The van der Waals surface area contributed by atoms with Gasteiger partial charge < -0.3 is 0 Å². The van der Waals surface area contributed by atoms with E-state index in [0.29, 0.717) is 0 Å². The maximum absolute atomic E-state index is 4.40. The van der Waals surface area contributed by atoms with E-state index in [0.717, 1.165) is 16.1 Å². The zero-order valence-corrected chi connectivity index (χ0v) is 8.74. The van der Waals surface area contributed by atoms with Gasteiger partial charge in [0.1, 0.15) is 10.7 Å². The van der Waals surface area contributed by atoms with Gasteiger partial charge in [0.25, 0.3) is 0 Å². The van der Waals surface area contributed by atoms with Crippen LogP contribution in [0.25, 0.3) is 21.5 Å².